The second-order valence-electron chi connectivity index (χ2n) is 7.15. The molecule has 1 aliphatic heterocycles. The smallest absolute Gasteiger partial charge is 0.249 e. The first-order valence-electron chi connectivity index (χ1n) is 10.0. The largest absolute Gasteiger partial charge is 0.378 e. The maximum absolute atomic E-state index is 12.9. The first kappa shape index (κ1) is 22.1. The highest BCUT2D eigenvalue weighted by Crippen LogP contribution is 2.62. The van der Waals surface area contributed by atoms with Crippen LogP contribution in [0, 0.1) is 11.3 Å². The molecule has 1 saturated carbocycles. The third kappa shape index (κ3) is 4.42. The van der Waals surface area contributed by atoms with Crippen molar-refractivity contribution in [1.29, 1.82) is 0 Å². The maximum atomic E-state index is 12.9. The van der Waals surface area contributed by atoms with Crippen LogP contribution >= 0.6 is 0 Å². The van der Waals surface area contributed by atoms with Gasteiger partial charge in [0.1, 0.15) is 6.29 Å². The van der Waals surface area contributed by atoms with Gasteiger partial charge in [-0.1, -0.05) is 56.4 Å². The number of aldehydes is 1. The van der Waals surface area contributed by atoms with E-state index < -0.39 is 0 Å². The van der Waals surface area contributed by atoms with Crippen LogP contribution in [0.2, 0.25) is 0 Å². The summed E-state index contributed by atoms with van der Waals surface area (Å²) in [5.74, 6) is 0.550. The summed E-state index contributed by atoms with van der Waals surface area (Å²) in [5, 5.41) is 0. The molecule has 0 bridgehead atoms. The highest BCUT2D eigenvalue weighted by molar-refractivity contribution is 5.94. The van der Waals surface area contributed by atoms with Crippen molar-refractivity contribution in [2.24, 2.45) is 11.3 Å². The summed E-state index contributed by atoms with van der Waals surface area (Å²) in [6.45, 7) is 6.56. The molecule has 0 aromatic carbocycles. The van der Waals surface area contributed by atoms with E-state index in [2.05, 4.69) is 24.3 Å². The zero-order valence-electron chi connectivity index (χ0n) is 17.0. The van der Waals surface area contributed by atoms with E-state index in [0.29, 0.717) is 45.1 Å². The molecule has 2 unspecified atom stereocenters. The number of amides is 1. The zero-order valence-corrected chi connectivity index (χ0v) is 17.0. The Balaban J connectivity index is 0.00000102. The van der Waals surface area contributed by atoms with Gasteiger partial charge in [0.2, 0.25) is 5.91 Å². The highest BCUT2D eigenvalue weighted by Gasteiger charge is 2.54. The van der Waals surface area contributed by atoms with Crippen molar-refractivity contribution in [3.05, 3.63) is 59.3 Å². The number of rotatable bonds is 3. The first-order valence-corrected chi connectivity index (χ1v) is 10.0. The first-order chi connectivity index (χ1) is 13.2. The number of morpholine rings is 1. The van der Waals surface area contributed by atoms with Crippen LogP contribution in [0.3, 0.4) is 0 Å². The number of fused-ring (bicyclic) bond motifs is 1. The lowest BCUT2D eigenvalue weighted by Crippen LogP contribution is -2.41. The van der Waals surface area contributed by atoms with Gasteiger partial charge >= 0.3 is 0 Å². The Morgan fingerprint density at radius 3 is 2.71 bits per heavy atom. The van der Waals surface area contributed by atoms with Gasteiger partial charge in [-0.3, -0.25) is 9.59 Å². The Labute approximate surface area is 169 Å². The molecule has 4 rings (SSSR count). The normalized spacial score (nSPS) is 28.0. The molecule has 1 amide bonds. The predicted octanol–water partition coefficient (Wildman–Crippen LogP) is 4.18. The molecular weight excluding hydrogens is 352 g/mol. The number of carbonyl (C=O) groups excluding carboxylic acids is 2. The summed E-state index contributed by atoms with van der Waals surface area (Å²) in [6.07, 6.45) is 18.0. The number of ether oxygens (including phenoxy) is 1. The lowest BCUT2D eigenvalue weighted by atomic mass is 9.89. The standard InChI is InChI=1S/C21H23NO3.C2H6.H3N.H2/c23-15-16-4-1-2-6-18(12-16)21-13-17(5-3-7-19(21)14-21)20(24)22-8-10-25-11-9-22;1-2;;/h1-3,6-7,12-13,15,19H,4-5,8-11,14H2;1-2H3;1H3;1H. The van der Waals surface area contributed by atoms with Gasteiger partial charge < -0.3 is 15.8 Å². The van der Waals surface area contributed by atoms with Crippen LogP contribution < -0.4 is 6.15 Å². The molecule has 28 heavy (non-hydrogen) atoms. The van der Waals surface area contributed by atoms with Gasteiger partial charge in [0, 0.05) is 25.5 Å². The third-order valence-corrected chi connectivity index (χ3v) is 5.57. The number of carbonyl (C=O) groups is 2. The van der Waals surface area contributed by atoms with E-state index in [4.69, 9.17) is 4.74 Å². The summed E-state index contributed by atoms with van der Waals surface area (Å²) < 4.78 is 5.36. The van der Waals surface area contributed by atoms with Gasteiger partial charge in [-0.2, -0.15) is 0 Å². The predicted molar refractivity (Wildman–Crippen MR) is 114 cm³/mol. The zero-order chi connectivity index (χ0) is 19.3. The average Bonchev–Trinajstić information content (AvgIpc) is 3.48. The van der Waals surface area contributed by atoms with Crippen LogP contribution in [0.15, 0.2) is 59.3 Å². The van der Waals surface area contributed by atoms with Gasteiger partial charge in [0.05, 0.1) is 13.2 Å². The van der Waals surface area contributed by atoms with Crippen LogP contribution in [0.4, 0.5) is 0 Å². The van der Waals surface area contributed by atoms with Crippen molar-refractivity contribution >= 4 is 12.2 Å². The van der Waals surface area contributed by atoms with E-state index in [1.165, 1.54) is 0 Å². The summed E-state index contributed by atoms with van der Waals surface area (Å²) >= 11 is 0. The molecule has 0 aromatic rings. The Bertz CT molecular complexity index is 745. The second-order valence-corrected chi connectivity index (χ2v) is 7.15. The summed E-state index contributed by atoms with van der Waals surface area (Å²) in [4.78, 5) is 26.1. The molecular formula is C23H34N2O3. The van der Waals surface area contributed by atoms with E-state index in [1.54, 1.807) is 0 Å². The average molecular weight is 387 g/mol. The fraction of sp³-hybridized carbons (Fsp3) is 0.478. The van der Waals surface area contributed by atoms with Crippen LogP contribution in [0.5, 0.6) is 0 Å². The Morgan fingerprint density at radius 1 is 1.25 bits per heavy atom. The monoisotopic (exact) mass is 386 g/mol. The number of allylic oxidation sites excluding steroid dienone is 9. The summed E-state index contributed by atoms with van der Waals surface area (Å²) in [5.41, 5.74) is 2.68. The molecule has 0 radical (unpaired) electrons. The molecule has 5 nitrogen and oxygen atoms in total. The van der Waals surface area contributed by atoms with Gasteiger partial charge in [-0.15, -0.1) is 0 Å². The third-order valence-electron chi connectivity index (χ3n) is 5.57. The summed E-state index contributed by atoms with van der Waals surface area (Å²) in [6, 6.07) is 0. The molecule has 0 spiro atoms. The van der Waals surface area contributed by atoms with E-state index in [9.17, 15) is 9.59 Å². The van der Waals surface area contributed by atoms with E-state index in [0.717, 1.165) is 29.4 Å². The van der Waals surface area contributed by atoms with Crippen LogP contribution in [0.25, 0.3) is 0 Å². The Hall–Kier alpha value is -2.24. The fourth-order valence-corrected chi connectivity index (χ4v) is 4.03. The number of hydrogen-bond acceptors (Lipinski definition) is 4. The Morgan fingerprint density at radius 2 is 2.00 bits per heavy atom. The highest BCUT2D eigenvalue weighted by atomic mass is 16.5. The van der Waals surface area contributed by atoms with Gasteiger partial charge in [-0.25, -0.2) is 0 Å². The fourth-order valence-electron chi connectivity index (χ4n) is 4.03. The van der Waals surface area contributed by atoms with Crippen molar-refractivity contribution in [1.82, 2.24) is 11.1 Å². The molecule has 154 valence electrons. The minimum Gasteiger partial charge on any atom is -0.378 e. The molecule has 3 aliphatic carbocycles. The van der Waals surface area contributed by atoms with Crippen molar-refractivity contribution in [3.63, 3.8) is 0 Å². The molecule has 2 fully saturated rings. The molecule has 1 saturated heterocycles. The van der Waals surface area contributed by atoms with Gasteiger partial charge in [0.25, 0.3) is 0 Å². The summed E-state index contributed by atoms with van der Waals surface area (Å²) in [7, 11) is 0. The van der Waals surface area contributed by atoms with Crippen molar-refractivity contribution < 1.29 is 15.8 Å². The topological polar surface area (TPSA) is 81.6 Å². The second kappa shape index (κ2) is 9.80. The van der Waals surface area contributed by atoms with Crippen LogP contribution in [0.1, 0.15) is 34.5 Å². The molecule has 5 heteroatoms. The number of hydrogen-bond donors (Lipinski definition) is 1. The van der Waals surface area contributed by atoms with Crippen molar-refractivity contribution in [2.75, 3.05) is 26.3 Å². The van der Waals surface area contributed by atoms with E-state index in [1.807, 2.05) is 37.0 Å². The minimum absolute atomic E-state index is 0. The van der Waals surface area contributed by atoms with Crippen molar-refractivity contribution in [2.45, 2.75) is 33.1 Å². The minimum atomic E-state index is -0.132. The molecule has 1 heterocycles. The van der Waals surface area contributed by atoms with Gasteiger partial charge in [-0.05, 0) is 36.3 Å². The SMILES string of the molecule is CC.N.O=CC1=CC(C23C=C(C(=O)N4CCOCC4)CC=CC2C3)=CC=CC1.[HH]. The molecule has 3 N–H and O–H groups in total. The molecule has 0 aromatic heterocycles. The number of nitrogens with zero attached hydrogens (tertiary/aromatic N) is 1. The van der Waals surface area contributed by atoms with E-state index in [-0.39, 0.29) is 18.9 Å². The van der Waals surface area contributed by atoms with Gasteiger partial charge in [0.15, 0.2) is 0 Å². The van der Waals surface area contributed by atoms with Crippen LogP contribution in [-0.2, 0) is 14.3 Å². The Kier molecular flexibility index (Phi) is 7.72. The lowest BCUT2D eigenvalue weighted by molar-refractivity contribution is -0.131. The quantitative estimate of drug-likeness (QED) is 0.583. The molecule has 4 aliphatic rings. The van der Waals surface area contributed by atoms with Crippen molar-refractivity contribution in [3.8, 4) is 0 Å². The van der Waals surface area contributed by atoms with Crippen LogP contribution in [-0.4, -0.2) is 43.4 Å². The molecule has 2 atom stereocenters. The maximum Gasteiger partial charge on any atom is 0.249 e. The lowest BCUT2D eigenvalue weighted by Gasteiger charge is -2.28. The van der Waals surface area contributed by atoms with E-state index >= 15 is 0 Å².